The maximum absolute atomic E-state index is 12.4. The molecule has 1 atom stereocenters. The molecule has 0 unspecified atom stereocenters. The Bertz CT molecular complexity index is 767. The number of aromatic nitrogens is 1. The fraction of sp³-hybridized carbons (Fsp3) is 0.316. The Morgan fingerprint density at radius 1 is 1.20 bits per heavy atom. The summed E-state index contributed by atoms with van der Waals surface area (Å²) in [5.74, 6) is -1.50. The smallest absolute Gasteiger partial charge is 0.326 e. The minimum atomic E-state index is -1.09. The van der Waals surface area contributed by atoms with E-state index in [-0.39, 0.29) is 11.8 Å². The predicted octanol–water partition coefficient (Wildman–Crippen LogP) is 3.57. The van der Waals surface area contributed by atoms with Crippen LogP contribution >= 0.6 is 15.9 Å². The van der Waals surface area contributed by atoms with Crippen LogP contribution in [0.3, 0.4) is 0 Å². The van der Waals surface area contributed by atoms with Gasteiger partial charge in [0.05, 0.1) is 0 Å². The molecule has 0 aliphatic rings. The minimum Gasteiger partial charge on any atom is -0.480 e. The summed E-state index contributed by atoms with van der Waals surface area (Å²) in [6.45, 7) is 6.27. The van der Waals surface area contributed by atoms with Gasteiger partial charge in [-0.25, -0.2) is 9.78 Å². The van der Waals surface area contributed by atoms with E-state index in [0.29, 0.717) is 10.2 Å². The molecule has 5 nitrogen and oxygen atoms in total. The zero-order valence-electron chi connectivity index (χ0n) is 14.4. The fourth-order valence-corrected chi connectivity index (χ4v) is 2.77. The molecule has 2 aromatic rings. The molecule has 0 spiro atoms. The summed E-state index contributed by atoms with van der Waals surface area (Å²) < 4.78 is 0.574. The van der Waals surface area contributed by atoms with E-state index in [1.54, 1.807) is 30.5 Å². The van der Waals surface area contributed by atoms with Crippen molar-refractivity contribution in [2.45, 2.75) is 38.6 Å². The Hall–Kier alpha value is -2.21. The first-order valence-corrected chi connectivity index (χ1v) is 8.71. The van der Waals surface area contributed by atoms with Gasteiger partial charge in [-0.1, -0.05) is 39.0 Å². The van der Waals surface area contributed by atoms with E-state index < -0.39 is 17.9 Å². The summed E-state index contributed by atoms with van der Waals surface area (Å²) in [7, 11) is 0. The lowest BCUT2D eigenvalue weighted by Crippen LogP contribution is -2.42. The van der Waals surface area contributed by atoms with Gasteiger partial charge in [-0.05, 0) is 50.7 Å². The SMILES string of the molecule is CC(C)(C)c1ccc(C(=O)N[C@@H](Cc2cccnc2Br)C(=O)O)cc1. The van der Waals surface area contributed by atoms with Gasteiger partial charge in [0.1, 0.15) is 10.6 Å². The second-order valence-electron chi connectivity index (χ2n) is 6.85. The van der Waals surface area contributed by atoms with Gasteiger partial charge >= 0.3 is 5.97 Å². The van der Waals surface area contributed by atoms with E-state index in [2.05, 4.69) is 47.0 Å². The molecule has 0 saturated carbocycles. The van der Waals surface area contributed by atoms with Crippen molar-refractivity contribution in [1.82, 2.24) is 10.3 Å². The van der Waals surface area contributed by atoms with Gasteiger partial charge in [0.25, 0.3) is 5.91 Å². The molecule has 2 N–H and O–H groups in total. The van der Waals surface area contributed by atoms with Crippen molar-refractivity contribution in [3.63, 3.8) is 0 Å². The second kappa shape index (κ2) is 7.78. The van der Waals surface area contributed by atoms with E-state index in [1.165, 1.54) is 0 Å². The highest BCUT2D eigenvalue weighted by atomic mass is 79.9. The molecular weight excluding hydrogens is 384 g/mol. The molecule has 0 radical (unpaired) electrons. The Kier molecular flexibility index (Phi) is 5.95. The van der Waals surface area contributed by atoms with Gasteiger partial charge < -0.3 is 10.4 Å². The van der Waals surface area contributed by atoms with Crippen LogP contribution in [0.5, 0.6) is 0 Å². The molecule has 1 heterocycles. The number of nitrogens with zero attached hydrogens (tertiary/aromatic N) is 1. The van der Waals surface area contributed by atoms with Crippen molar-refractivity contribution in [2.75, 3.05) is 0 Å². The number of nitrogens with one attached hydrogen (secondary N) is 1. The predicted molar refractivity (Wildman–Crippen MR) is 99.7 cm³/mol. The summed E-state index contributed by atoms with van der Waals surface area (Å²) in [5.41, 5.74) is 2.26. The summed E-state index contributed by atoms with van der Waals surface area (Å²) in [6, 6.07) is 9.69. The van der Waals surface area contributed by atoms with Crippen molar-refractivity contribution >= 4 is 27.8 Å². The molecule has 0 fully saturated rings. The van der Waals surface area contributed by atoms with Crippen LogP contribution in [0.15, 0.2) is 47.2 Å². The molecular formula is C19H21BrN2O3. The molecule has 1 amide bonds. The first kappa shape index (κ1) is 19.1. The number of halogens is 1. The third-order valence-electron chi connectivity index (χ3n) is 3.88. The largest absolute Gasteiger partial charge is 0.480 e. The first-order chi connectivity index (χ1) is 11.7. The number of carbonyl (C=O) groups is 2. The highest BCUT2D eigenvalue weighted by molar-refractivity contribution is 9.10. The Morgan fingerprint density at radius 2 is 1.84 bits per heavy atom. The van der Waals surface area contributed by atoms with E-state index in [1.807, 2.05) is 12.1 Å². The van der Waals surface area contributed by atoms with Crippen LogP contribution in [-0.2, 0) is 16.6 Å². The van der Waals surface area contributed by atoms with Crippen molar-refractivity contribution < 1.29 is 14.7 Å². The molecule has 1 aromatic carbocycles. The number of rotatable bonds is 5. The summed E-state index contributed by atoms with van der Waals surface area (Å²) in [5, 5.41) is 12.0. The van der Waals surface area contributed by atoms with Crippen LogP contribution in [0.1, 0.15) is 42.3 Å². The molecule has 6 heteroatoms. The first-order valence-electron chi connectivity index (χ1n) is 7.92. The highest BCUT2D eigenvalue weighted by Gasteiger charge is 2.22. The number of aliphatic carboxylic acids is 1. The standard InChI is InChI=1S/C19H21BrN2O3/c1-19(2,3)14-8-6-12(7-9-14)17(23)22-15(18(24)25)11-13-5-4-10-21-16(13)20/h4-10,15H,11H2,1-3H3,(H,22,23)(H,24,25)/t15-/m0/s1. The number of hydrogen-bond donors (Lipinski definition) is 2. The topological polar surface area (TPSA) is 79.3 Å². The number of pyridine rings is 1. The average Bonchev–Trinajstić information content (AvgIpc) is 2.55. The van der Waals surface area contributed by atoms with Crippen LogP contribution in [0, 0.1) is 0 Å². The van der Waals surface area contributed by atoms with Crippen LogP contribution in [0.25, 0.3) is 0 Å². The van der Waals surface area contributed by atoms with Crippen LogP contribution in [0.4, 0.5) is 0 Å². The molecule has 0 bridgehead atoms. The maximum Gasteiger partial charge on any atom is 0.326 e. The molecule has 1 aromatic heterocycles. The number of amides is 1. The van der Waals surface area contributed by atoms with Crippen LogP contribution in [0.2, 0.25) is 0 Å². The van der Waals surface area contributed by atoms with E-state index in [0.717, 1.165) is 11.1 Å². The number of carboxylic acids is 1. The third-order valence-corrected chi connectivity index (χ3v) is 4.59. The molecule has 0 aliphatic carbocycles. The summed E-state index contributed by atoms with van der Waals surface area (Å²) in [6.07, 6.45) is 1.76. The zero-order chi connectivity index (χ0) is 18.6. The third kappa shape index (κ3) is 5.13. The minimum absolute atomic E-state index is 0.00874. The van der Waals surface area contributed by atoms with Crippen molar-refractivity contribution in [3.05, 3.63) is 63.9 Å². The lowest BCUT2D eigenvalue weighted by Gasteiger charge is -2.19. The normalized spacial score (nSPS) is 12.5. The van der Waals surface area contributed by atoms with Gasteiger partial charge in [0, 0.05) is 18.2 Å². The Balaban J connectivity index is 2.13. The van der Waals surface area contributed by atoms with Crippen molar-refractivity contribution in [1.29, 1.82) is 0 Å². The van der Waals surface area contributed by atoms with Gasteiger partial charge in [-0.3, -0.25) is 4.79 Å². The van der Waals surface area contributed by atoms with Gasteiger partial charge in [0.15, 0.2) is 0 Å². The lowest BCUT2D eigenvalue weighted by molar-refractivity contribution is -0.139. The van der Waals surface area contributed by atoms with Crippen LogP contribution < -0.4 is 5.32 Å². The van der Waals surface area contributed by atoms with E-state index in [4.69, 9.17) is 0 Å². The average molecular weight is 405 g/mol. The van der Waals surface area contributed by atoms with Crippen LogP contribution in [-0.4, -0.2) is 28.0 Å². The Labute approximate surface area is 155 Å². The van der Waals surface area contributed by atoms with Gasteiger partial charge in [0.2, 0.25) is 0 Å². The second-order valence-corrected chi connectivity index (χ2v) is 7.60. The van der Waals surface area contributed by atoms with Crippen molar-refractivity contribution in [3.8, 4) is 0 Å². The highest BCUT2D eigenvalue weighted by Crippen LogP contribution is 2.22. The zero-order valence-corrected chi connectivity index (χ0v) is 16.0. The number of carboxylic acid groups (broad SMARTS) is 1. The van der Waals surface area contributed by atoms with E-state index in [9.17, 15) is 14.7 Å². The molecule has 25 heavy (non-hydrogen) atoms. The maximum atomic E-state index is 12.4. The number of benzene rings is 1. The summed E-state index contributed by atoms with van der Waals surface area (Å²) in [4.78, 5) is 28.0. The molecule has 2 rings (SSSR count). The number of carbonyl (C=O) groups excluding carboxylic acids is 1. The van der Waals surface area contributed by atoms with E-state index >= 15 is 0 Å². The quantitative estimate of drug-likeness (QED) is 0.746. The molecule has 0 aliphatic heterocycles. The fourth-order valence-electron chi connectivity index (χ4n) is 2.35. The molecule has 0 saturated heterocycles. The van der Waals surface area contributed by atoms with Gasteiger partial charge in [-0.15, -0.1) is 0 Å². The summed E-state index contributed by atoms with van der Waals surface area (Å²) >= 11 is 3.29. The lowest BCUT2D eigenvalue weighted by atomic mass is 9.86. The monoisotopic (exact) mass is 404 g/mol. The van der Waals surface area contributed by atoms with Gasteiger partial charge in [-0.2, -0.15) is 0 Å². The Morgan fingerprint density at radius 3 is 2.36 bits per heavy atom. The van der Waals surface area contributed by atoms with Crippen molar-refractivity contribution in [2.24, 2.45) is 0 Å². The molecule has 132 valence electrons. The number of hydrogen-bond acceptors (Lipinski definition) is 3.